The Morgan fingerprint density at radius 2 is 1.77 bits per heavy atom. The molecule has 0 saturated heterocycles. The minimum absolute atomic E-state index is 0.201. The Morgan fingerprint density at radius 1 is 1.23 bits per heavy atom. The molecule has 0 heterocycles. The Balaban J connectivity index is 2.94. The third-order valence-corrected chi connectivity index (χ3v) is 2.49. The summed E-state index contributed by atoms with van der Waals surface area (Å²) in [6.45, 7) is 0.503. The quantitative estimate of drug-likeness (QED) is 0.701. The van der Waals surface area contributed by atoms with Gasteiger partial charge in [0, 0.05) is 0 Å². The summed E-state index contributed by atoms with van der Waals surface area (Å²) in [6, 6.07) is 5.79. The molecule has 2 N–H and O–H groups in total. The molecule has 0 saturated carbocycles. The molecular weight excluding hydrogens is 190 g/mol. The molecule has 0 fully saturated rings. The Bertz CT molecular complexity index is 369. The van der Waals surface area contributed by atoms with Crippen molar-refractivity contribution in [3.05, 3.63) is 29.8 Å². The lowest BCUT2D eigenvalue weighted by molar-refractivity contribution is 0.463. The molecule has 1 aromatic rings. The van der Waals surface area contributed by atoms with Gasteiger partial charge in [0.2, 0.25) is 0 Å². The summed E-state index contributed by atoms with van der Waals surface area (Å²) in [5.74, 6) is 0. The van der Waals surface area contributed by atoms with Crippen LogP contribution in [0.25, 0.3) is 0 Å². The van der Waals surface area contributed by atoms with Gasteiger partial charge in [-0.05, 0) is 30.7 Å². The van der Waals surface area contributed by atoms with Gasteiger partial charge in [-0.1, -0.05) is 12.1 Å². The van der Waals surface area contributed by atoms with Gasteiger partial charge in [-0.25, -0.2) is 8.42 Å². The average molecular weight is 200 g/mol. The van der Waals surface area contributed by atoms with Crippen LogP contribution in [-0.2, 0) is 16.5 Å². The summed E-state index contributed by atoms with van der Waals surface area (Å²) >= 11 is 0. The van der Waals surface area contributed by atoms with Crippen LogP contribution in [0, 0.1) is 0 Å². The summed E-state index contributed by atoms with van der Waals surface area (Å²) in [5, 5.41) is 0. The van der Waals surface area contributed by atoms with E-state index in [9.17, 15) is 13.0 Å². The lowest BCUT2D eigenvalue weighted by Gasteiger charge is -2.07. The van der Waals surface area contributed by atoms with Crippen molar-refractivity contribution < 1.29 is 13.0 Å². The highest BCUT2D eigenvalue weighted by Gasteiger charge is 1.99. The number of hydrogen-bond donors (Lipinski definition) is 1. The normalized spacial score (nSPS) is 11.5. The molecule has 0 atom stereocenters. The van der Waals surface area contributed by atoms with Crippen LogP contribution >= 0.6 is 0 Å². The van der Waals surface area contributed by atoms with Gasteiger partial charge in [0.05, 0.1) is 4.90 Å². The van der Waals surface area contributed by atoms with Crippen molar-refractivity contribution in [1.29, 1.82) is 0 Å². The summed E-state index contributed by atoms with van der Waals surface area (Å²) in [7, 11) is -4.32. The highest BCUT2D eigenvalue weighted by atomic mass is 32.2. The van der Waals surface area contributed by atoms with E-state index >= 15 is 0 Å². The molecule has 0 unspecified atom stereocenters. The van der Waals surface area contributed by atoms with Crippen LogP contribution in [0.15, 0.2) is 29.2 Å². The maximum atomic E-state index is 10.5. The first-order valence-electron chi connectivity index (χ1n) is 3.79. The monoisotopic (exact) mass is 200 g/mol. The second-order valence-electron chi connectivity index (χ2n) is 2.64. The van der Waals surface area contributed by atoms with Crippen molar-refractivity contribution in [1.82, 2.24) is 0 Å². The van der Waals surface area contributed by atoms with E-state index in [4.69, 9.17) is 5.73 Å². The van der Waals surface area contributed by atoms with Crippen molar-refractivity contribution in [3.8, 4) is 0 Å². The zero-order chi connectivity index (χ0) is 9.90. The number of nitrogens with two attached hydrogens (primary N) is 1. The lowest BCUT2D eigenvalue weighted by Crippen LogP contribution is -2.03. The second-order valence-corrected chi connectivity index (χ2v) is 4.02. The number of rotatable bonds is 3. The van der Waals surface area contributed by atoms with Crippen molar-refractivity contribution in [2.24, 2.45) is 5.73 Å². The molecule has 0 aromatic heterocycles. The highest BCUT2D eigenvalue weighted by Crippen LogP contribution is 2.09. The smallest absolute Gasteiger partial charge is 0.124 e. The maximum absolute atomic E-state index is 10.5. The first-order valence-corrected chi connectivity index (χ1v) is 5.20. The van der Waals surface area contributed by atoms with E-state index in [0.29, 0.717) is 13.0 Å². The lowest BCUT2D eigenvalue weighted by atomic mass is 10.2. The largest absolute Gasteiger partial charge is 0.744 e. The van der Waals surface area contributed by atoms with E-state index in [1.54, 1.807) is 12.1 Å². The second kappa shape index (κ2) is 3.87. The van der Waals surface area contributed by atoms with Gasteiger partial charge in [-0.3, -0.25) is 0 Å². The molecule has 0 spiro atoms. The Kier molecular flexibility index (Phi) is 3.02. The molecule has 0 aliphatic heterocycles. The van der Waals surface area contributed by atoms with E-state index in [0.717, 1.165) is 5.56 Å². The van der Waals surface area contributed by atoms with E-state index in [2.05, 4.69) is 0 Å². The fourth-order valence-corrected chi connectivity index (χ4v) is 1.46. The Labute approximate surface area is 77.1 Å². The van der Waals surface area contributed by atoms with Gasteiger partial charge in [0.25, 0.3) is 0 Å². The van der Waals surface area contributed by atoms with Crippen LogP contribution in [0.1, 0.15) is 5.56 Å². The molecule has 0 aliphatic carbocycles. The van der Waals surface area contributed by atoms with Gasteiger partial charge in [0.15, 0.2) is 0 Å². The van der Waals surface area contributed by atoms with Crippen LogP contribution in [0.4, 0.5) is 0 Å². The molecular formula is C8H10NO3S-. The molecule has 13 heavy (non-hydrogen) atoms. The first kappa shape index (κ1) is 10.2. The predicted molar refractivity (Wildman–Crippen MR) is 47.2 cm³/mol. The summed E-state index contributed by atoms with van der Waals surface area (Å²) in [5.41, 5.74) is 6.23. The molecule has 0 radical (unpaired) electrons. The van der Waals surface area contributed by atoms with Crippen LogP contribution in [-0.4, -0.2) is 19.5 Å². The molecule has 0 bridgehead atoms. The third kappa shape index (κ3) is 2.80. The van der Waals surface area contributed by atoms with Crippen molar-refractivity contribution in [2.75, 3.05) is 6.54 Å². The van der Waals surface area contributed by atoms with E-state index in [1.807, 2.05) is 0 Å². The van der Waals surface area contributed by atoms with Gasteiger partial charge in [0.1, 0.15) is 10.1 Å². The van der Waals surface area contributed by atoms with Crippen LogP contribution < -0.4 is 5.73 Å². The van der Waals surface area contributed by atoms with Gasteiger partial charge in [-0.2, -0.15) is 0 Å². The van der Waals surface area contributed by atoms with Gasteiger partial charge in [-0.15, -0.1) is 0 Å². The van der Waals surface area contributed by atoms with Crippen molar-refractivity contribution in [2.45, 2.75) is 11.3 Å². The minimum atomic E-state index is -4.32. The fourth-order valence-electron chi connectivity index (χ4n) is 0.989. The van der Waals surface area contributed by atoms with Gasteiger partial charge >= 0.3 is 0 Å². The summed E-state index contributed by atoms with van der Waals surface area (Å²) in [4.78, 5) is -0.201. The van der Waals surface area contributed by atoms with Crippen molar-refractivity contribution >= 4 is 10.1 Å². The third-order valence-electron chi connectivity index (χ3n) is 1.65. The van der Waals surface area contributed by atoms with Crippen LogP contribution in [0.5, 0.6) is 0 Å². The zero-order valence-corrected chi connectivity index (χ0v) is 7.75. The Morgan fingerprint density at radius 3 is 2.15 bits per heavy atom. The van der Waals surface area contributed by atoms with E-state index < -0.39 is 10.1 Å². The molecule has 4 nitrogen and oxygen atoms in total. The molecule has 0 aliphatic rings. The molecule has 5 heteroatoms. The SMILES string of the molecule is NCCc1ccc(S(=O)(=O)[O-])cc1. The van der Waals surface area contributed by atoms with E-state index in [-0.39, 0.29) is 4.90 Å². The van der Waals surface area contributed by atoms with Crippen LogP contribution in [0.2, 0.25) is 0 Å². The average Bonchev–Trinajstić information content (AvgIpc) is 2.04. The minimum Gasteiger partial charge on any atom is -0.744 e. The summed E-state index contributed by atoms with van der Waals surface area (Å²) in [6.07, 6.45) is 0.680. The number of hydrogen-bond acceptors (Lipinski definition) is 4. The highest BCUT2D eigenvalue weighted by molar-refractivity contribution is 7.85. The first-order chi connectivity index (χ1) is 6.04. The maximum Gasteiger partial charge on any atom is 0.124 e. The number of benzene rings is 1. The summed E-state index contributed by atoms with van der Waals surface area (Å²) < 4.78 is 31.6. The topological polar surface area (TPSA) is 83.2 Å². The van der Waals surface area contributed by atoms with Crippen LogP contribution in [0.3, 0.4) is 0 Å². The zero-order valence-electron chi connectivity index (χ0n) is 6.93. The molecule has 1 aromatic carbocycles. The predicted octanol–water partition coefficient (Wildman–Crippen LogP) is 0.0919. The molecule has 72 valence electrons. The standard InChI is InChI=1S/C8H11NO3S/c9-6-5-7-1-3-8(4-2-7)13(10,11)12/h1-4H,5-6,9H2,(H,10,11,12)/p-1. The molecule has 0 amide bonds. The Hall–Kier alpha value is -0.910. The van der Waals surface area contributed by atoms with E-state index in [1.165, 1.54) is 12.1 Å². The van der Waals surface area contributed by atoms with Gasteiger partial charge < -0.3 is 10.3 Å². The molecule has 1 rings (SSSR count). The fraction of sp³-hybridized carbons (Fsp3) is 0.250. The van der Waals surface area contributed by atoms with Crippen molar-refractivity contribution in [3.63, 3.8) is 0 Å².